The zero-order chi connectivity index (χ0) is 16.3. The molecule has 23 heavy (non-hydrogen) atoms. The standard InChI is InChI=1S/C18H28N2O2S/c1-15-4-5-16(23-15)14-19-10-3-7-18(9-11-19)8-6-17(21)20(18)12-13-22-2/h4-5H,3,6-14H2,1-2H3. The molecule has 1 aromatic heterocycles. The number of aryl methyl sites for hydroxylation is 1. The van der Waals surface area contributed by atoms with E-state index >= 15 is 0 Å². The molecular formula is C18H28N2O2S. The lowest BCUT2D eigenvalue weighted by Crippen LogP contribution is -2.47. The van der Waals surface area contributed by atoms with Crippen LogP contribution < -0.4 is 0 Å². The quantitative estimate of drug-likeness (QED) is 0.828. The van der Waals surface area contributed by atoms with Crippen molar-refractivity contribution in [2.24, 2.45) is 0 Å². The molecule has 0 radical (unpaired) electrons. The Morgan fingerprint density at radius 3 is 2.87 bits per heavy atom. The molecule has 1 spiro atoms. The third-order valence-electron chi connectivity index (χ3n) is 5.38. The van der Waals surface area contributed by atoms with Gasteiger partial charge in [-0.1, -0.05) is 0 Å². The molecule has 128 valence electrons. The summed E-state index contributed by atoms with van der Waals surface area (Å²) in [6, 6.07) is 4.46. The van der Waals surface area contributed by atoms with Gasteiger partial charge in [0.25, 0.3) is 0 Å². The first-order chi connectivity index (χ1) is 11.1. The summed E-state index contributed by atoms with van der Waals surface area (Å²) >= 11 is 1.90. The van der Waals surface area contributed by atoms with Crippen LogP contribution in [0.25, 0.3) is 0 Å². The Morgan fingerprint density at radius 2 is 2.13 bits per heavy atom. The maximum absolute atomic E-state index is 12.3. The van der Waals surface area contributed by atoms with Crippen LogP contribution in [0.3, 0.4) is 0 Å². The van der Waals surface area contributed by atoms with E-state index in [1.165, 1.54) is 16.2 Å². The minimum absolute atomic E-state index is 0.0930. The van der Waals surface area contributed by atoms with Crippen molar-refractivity contribution in [3.05, 3.63) is 21.9 Å². The Hall–Kier alpha value is -0.910. The van der Waals surface area contributed by atoms with Crippen LogP contribution in [-0.4, -0.2) is 54.6 Å². The Labute approximate surface area is 143 Å². The number of rotatable bonds is 5. The van der Waals surface area contributed by atoms with Crippen molar-refractivity contribution in [3.63, 3.8) is 0 Å². The van der Waals surface area contributed by atoms with E-state index in [0.717, 1.165) is 45.4 Å². The van der Waals surface area contributed by atoms with Crippen LogP contribution in [0.5, 0.6) is 0 Å². The highest BCUT2D eigenvalue weighted by Crippen LogP contribution is 2.39. The van der Waals surface area contributed by atoms with Crippen molar-refractivity contribution < 1.29 is 9.53 Å². The molecule has 2 fully saturated rings. The van der Waals surface area contributed by atoms with Crippen molar-refractivity contribution in [2.75, 3.05) is 33.4 Å². The number of hydrogen-bond acceptors (Lipinski definition) is 4. The molecule has 2 saturated heterocycles. The fourth-order valence-corrected chi connectivity index (χ4v) is 5.05. The molecule has 3 rings (SSSR count). The lowest BCUT2D eigenvalue weighted by atomic mass is 9.88. The zero-order valence-corrected chi connectivity index (χ0v) is 15.2. The molecular weight excluding hydrogens is 308 g/mol. The van der Waals surface area contributed by atoms with Crippen molar-refractivity contribution in [2.45, 2.75) is 51.1 Å². The number of nitrogens with zero attached hydrogens (tertiary/aromatic N) is 2. The number of carbonyl (C=O) groups excluding carboxylic acids is 1. The summed E-state index contributed by atoms with van der Waals surface area (Å²) in [5.41, 5.74) is 0.0930. The van der Waals surface area contributed by atoms with Crippen LogP contribution >= 0.6 is 11.3 Å². The molecule has 1 amide bonds. The molecule has 2 aliphatic heterocycles. The number of amides is 1. The highest BCUT2D eigenvalue weighted by molar-refractivity contribution is 7.11. The van der Waals surface area contributed by atoms with Crippen LogP contribution in [0, 0.1) is 6.92 Å². The second kappa shape index (κ2) is 7.32. The summed E-state index contributed by atoms with van der Waals surface area (Å²) in [6.07, 6.45) is 5.17. The maximum Gasteiger partial charge on any atom is 0.223 e. The van der Waals surface area contributed by atoms with Crippen LogP contribution in [0.4, 0.5) is 0 Å². The number of likely N-dealkylation sites (tertiary alicyclic amines) is 2. The lowest BCUT2D eigenvalue weighted by molar-refractivity contribution is -0.132. The van der Waals surface area contributed by atoms with Crippen LogP contribution in [0.1, 0.15) is 41.9 Å². The van der Waals surface area contributed by atoms with Crippen LogP contribution in [-0.2, 0) is 16.1 Å². The average Bonchev–Trinajstić information content (AvgIpc) is 2.99. The number of thiophene rings is 1. The smallest absolute Gasteiger partial charge is 0.223 e. The summed E-state index contributed by atoms with van der Waals surface area (Å²) in [7, 11) is 1.71. The second-order valence-electron chi connectivity index (χ2n) is 6.90. The summed E-state index contributed by atoms with van der Waals surface area (Å²) in [5, 5.41) is 0. The molecule has 2 aliphatic rings. The molecule has 0 saturated carbocycles. The number of hydrogen-bond donors (Lipinski definition) is 0. The Bertz CT molecular complexity index is 545. The van der Waals surface area contributed by atoms with Gasteiger partial charge < -0.3 is 9.64 Å². The van der Waals surface area contributed by atoms with Crippen LogP contribution in [0.2, 0.25) is 0 Å². The van der Waals surface area contributed by atoms with Gasteiger partial charge in [0.1, 0.15) is 0 Å². The summed E-state index contributed by atoms with van der Waals surface area (Å²) < 4.78 is 5.22. The van der Waals surface area contributed by atoms with Gasteiger partial charge in [-0.2, -0.15) is 0 Å². The first-order valence-corrected chi connectivity index (χ1v) is 9.52. The summed E-state index contributed by atoms with van der Waals surface area (Å²) in [6.45, 7) is 6.86. The van der Waals surface area contributed by atoms with Gasteiger partial charge in [0.05, 0.1) is 6.61 Å². The Kier molecular flexibility index (Phi) is 5.39. The second-order valence-corrected chi connectivity index (χ2v) is 8.28. The number of ether oxygens (including phenoxy) is 1. The van der Waals surface area contributed by atoms with E-state index in [1.54, 1.807) is 7.11 Å². The normalized spacial score (nSPS) is 26.2. The predicted molar refractivity (Wildman–Crippen MR) is 93.7 cm³/mol. The molecule has 1 aromatic rings. The minimum Gasteiger partial charge on any atom is -0.383 e. The van der Waals surface area contributed by atoms with E-state index in [2.05, 4.69) is 28.9 Å². The SMILES string of the molecule is COCCN1C(=O)CCC12CCCN(Cc1ccc(C)s1)CC2. The van der Waals surface area contributed by atoms with E-state index in [1.807, 2.05) is 11.3 Å². The summed E-state index contributed by atoms with van der Waals surface area (Å²) in [5.74, 6) is 0.324. The fourth-order valence-electron chi connectivity index (χ4n) is 4.12. The van der Waals surface area contributed by atoms with Gasteiger partial charge in [0.2, 0.25) is 5.91 Å². The monoisotopic (exact) mass is 336 g/mol. The third kappa shape index (κ3) is 3.78. The van der Waals surface area contributed by atoms with E-state index < -0.39 is 0 Å². The lowest BCUT2D eigenvalue weighted by Gasteiger charge is -2.38. The highest BCUT2D eigenvalue weighted by atomic mass is 32.1. The average molecular weight is 337 g/mol. The highest BCUT2D eigenvalue weighted by Gasteiger charge is 2.45. The Balaban J connectivity index is 1.63. The maximum atomic E-state index is 12.3. The molecule has 1 atom stereocenters. The molecule has 1 unspecified atom stereocenters. The predicted octanol–water partition coefficient (Wildman–Crippen LogP) is 3.05. The van der Waals surface area contributed by atoms with Gasteiger partial charge in [-0.15, -0.1) is 11.3 Å². The van der Waals surface area contributed by atoms with Gasteiger partial charge in [-0.3, -0.25) is 9.69 Å². The minimum atomic E-state index is 0.0930. The van der Waals surface area contributed by atoms with Crippen molar-refractivity contribution >= 4 is 17.2 Å². The number of methoxy groups -OCH3 is 1. The summed E-state index contributed by atoms with van der Waals surface area (Å²) in [4.78, 5) is 19.8. The third-order valence-corrected chi connectivity index (χ3v) is 6.37. The van der Waals surface area contributed by atoms with E-state index in [0.29, 0.717) is 18.9 Å². The first kappa shape index (κ1) is 16.9. The zero-order valence-electron chi connectivity index (χ0n) is 14.3. The topological polar surface area (TPSA) is 32.8 Å². The molecule has 3 heterocycles. The van der Waals surface area contributed by atoms with Gasteiger partial charge >= 0.3 is 0 Å². The van der Waals surface area contributed by atoms with Gasteiger partial charge in [-0.25, -0.2) is 0 Å². The fraction of sp³-hybridized carbons (Fsp3) is 0.722. The molecule has 0 aromatic carbocycles. The van der Waals surface area contributed by atoms with Crippen molar-refractivity contribution in [3.8, 4) is 0 Å². The molecule has 4 nitrogen and oxygen atoms in total. The van der Waals surface area contributed by atoms with Gasteiger partial charge in [0, 0.05) is 48.5 Å². The van der Waals surface area contributed by atoms with E-state index in [-0.39, 0.29) is 5.54 Å². The van der Waals surface area contributed by atoms with Crippen LogP contribution in [0.15, 0.2) is 12.1 Å². The van der Waals surface area contributed by atoms with Gasteiger partial charge in [-0.05, 0) is 51.3 Å². The first-order valence-electron chi connectivity index (χ1n) is 8.70. The number of carbonyl (C=O) groups is 1. The van der Waals surface area contributed by atoms with Gasteiger partial charge in [0.15, 0.2) is 0 Å². The van der Waals surface area contributed by atoms with Crippen molar-refractivity contribution in [1.29, 1.82) is 0 Å². The molecule has 0 bridgehead atoms. The molecule has 0 aliphatic carbocycles. The molecule has 5 heteroatoms. The Morgan fingerprint density at radius 1 is 1.26 bits per heavy atom. The largest absolute Gasteiger partial charge is 0.383 e. The molecule has 0 N–H and O–H groups in total. The van der Waals surface area contributed by atoms with E-state index in [4.69, 9.17) is 4.74 Å². The van der Waals surface area contributed by atoms with E-state index in [9.17, 15) is 4.79 Å². The van der Waals surface area contributed by atoms with Crippen molar-refractivity contribution in [1.82, 2.24) is 9.80 Å².